The second-order valence-electron chi connectivity index (χ2n) is 7.44. The predicted molar refractivity (Wildman–Crippen MR) is 121 cm³/mol. The van der Waals surface area contributed by atoms with Gasteiger partial charge in [-0.25, -0.2) is 12.7 Å². The molecule has 3 aromatic rings. The van der Waals surface area contributed by atoms with Crippen LogP contribution in [0.1, 0.15) is 47.5 Å². The molecule has 8 heteroatoms. The number of nitrogens with zero attached hydrogens (tertiary/aromatic N) is 1. The van der Waals surface area contributed by atoms with Crippen molar-refractivity contribution in [3.05, 3.63) is 89.9 Å². The Hall–Kier alpha value is -3.23. The van der Waals surface area contributed by atoms with Crippen LogP contribution < -0.4 is 5.32 Å². The van der Waals surface area contributed by atoms with Crippen molar-refractivity contribution in [3.63, 3.8) is 0 Å². The maximum atomic E-state index is 12.7. The summed E-state index contributed by atoms with van der Waals surface area (Å²) in [5.41, 5.74) is 1.34. The second-order valence-corrected chi connectivity index (χ2v) is 9.48. The van der Waals surface area contributed by atoms with E-state index in [1.807, 2.05) is 30.3 Å². The number of carbonyl (C=O) groups excluding carboxylic acids is 2. The van der Waals surface area contributed by atoms with Crippen LogP contribution in [0.15, 0.2) is 82.3 Å². The van der Waals surface area contributed by atoms with Crippen molar-refractivity contribution in [2.24, 2.45) is 0 Å². The molecule has 0 aliphatic rings. The fourth-order valence-corrected chi connectivity index (χ4v) is 4.49. The number of carbonyl (C=O) groups is 2. The first-order valence-electron chi connectivity index (χ1n) is 10.2. The number of furan rings is 1. The molecule has 7 nitrogen and oxygen atoms in total. The van der Waals surface area contributed by atoms with Gasteiger partial charge in [-0.1, -0.05) is 42.5 Å². The first-order valence-corrected chi connectivity index (χ1v) is 11.7. The number of nitrogens with one attached hydrogen (secondary N) is 1. The van der Waals surface area contributed by atoms with E-state index in [0.29, 0.717) is 17.7 Å². The van der Waals surface area contributed by atoms with E-state index in [0.717, 1.165) is 5.56 Å². The third-order valence-corrected chi connectivity index (χ3v) is 6.98. The molecule has 0 spiro atoms. The number of hydrogen-bond donors (Lipinski definition) is 1. The summed E-state index contributed by atoms with van der Waals surface area (Å²) in [6.07, 6.45) is 2.07. The van der Waals surface area contributed by atoms with E-state index in [4.69, 9.17) is 4.42 Å². The summed E-state index contributed by atoms with van der Waals surface area (Å²) >= 11 is 0. The molecule has 0 aliphatic carbocycles. The quantitative estimate of drug-likeness (QED) is 0.470. The maximum absolute atomic E-state index is 12.7. The monoisotopic (exact) mass is 454 g/mol. The first-order chi connectivity index (χ1) is 15.3. The molecule has 32 heavy (non-hydrogen) atoms. The molecule has 0 saturated carbocycles. The molecule has 3 rings (SSSR count). The number of ketones is 1. The normalized spacial score (nSPS) is 12.5. The molecule has 0 radical (unpaired) electrons. The minimum atomic E-state index is -3.71. The zero-order valence-corrected chi connectivity index (χ0v) is 18.8. The fraction of sp³-hybridized carbons (Fsp3) is 0.250. The average Bonchev–Trinajstić information content (AvgIpc) is 3.32. The lowest BCUT2D eigenvalue weighted by Crippen LogP contribution is -2.31. The summed E-state index contributed by atoms with van der Waals surface area (Å²) in [5.74, 6) is 0.293. The largest absolute Gasteiger partial charge is 0.467 e. The Balaban J connectivity index is 1.58. The highest BCUT2D eigenvalue weighted by molar-refractivity contribution is 7.89. The number of sulfonamides is 1. The Morgan fingerprint density at radius 2 is 1.69 bits per heavy atom. The number of hydrogen-bond acceptors (Lipinski definition) is 5. The van der Waals surface area contributed by atoms with E-state index in [-0.39, 0.29) is 29.6 Å². The van der Waals surface area contributed by atoms with Crippen molar-refractivity contribution in [2.45, 2.75) is 30.7 Å². The molecule has 1 unspecified atom stereocenters. The van der Waals surface area contributed by atoms with Crippen LogP contribution in [0.3, 0.4) is 0 Å². The highest BCUT2D eigenvalue weighted by Gasteiger charge is 2.22. The number of rotatable bonds is 10. The molecule has 0 aliphatic heterocycles. The second kappa shape index (κ2) is 10.4. The third-order valence-electron chi connectivity index (χ3n) is 5.11. The van der Waals surface area contributed by atoms with E-state index in [2.05, 4.69) is 5.32 Å². The Morgan fingerprint density at radius 3 is 2.28 bits per heavy atom. The van der Waals surface area contributed by atoms with Crippen LogP contribution in [0.2, 0.25) is 0 Å². The topological polar surface area (TPSA) is 96.7 Å². The average molecular weight is 455 g/mol. The van der Waals surface area contributed by atoms with Crippen molar-refractivity contribution >= 4 is 21.7 Å². The molecular weight excluding hydrogens is 428 g/mol. The molecule has 0 saturated heterocycles. The van der Waals surface area contributed by atoms with Gasteiger partial charge in [0.25, 0.3) is 0 Å². The minimum Gasteiger partial charge on any atom is -0.467 e. The van der Waals surface area contributed by atoms with Crippen molar-refractivity contribution < 1.29 is 22.4 Å². The molecule has 1 N–H and O–H groups in total. The van der Waals surface area contributed by atoms with E-state index in [1.165, 1.54) is 42.5 Å². The molecule has 168 valence electrons. The lowest BCUT2D eigenvalue weighted by atomic mass is 10.0. The van der Waals surface area contributed by atoms with E-state index < -0.39 is 16.1 Å². The van der Waals surface area contributed by atoms with Gasteiger partial charge in [0.05, 0.1) is 11.2 Å². The molecule has 1 heterocycles. The highest BCUT2D eigenvalue weighted by Crippen LogP contribution is 2.22. The summed E-state index contributed by atoms with van der Waals surface area (Å²) in [5, 5.41) is 2.96. The lowest BCUT2D eigenvalue weighted by molar-refractivity contribution is -0.121. The molecule has 0 fully saturated rings. The minimum absolute atomic E-state index is 0.108. The molecule has 2 aromatic carbocycles. The predicted octanol–water partition coefficient (Wildman–Crippen LogP) is 3.79. The first kappa shape index (κ1) is 23.4. The summed E-state index contributed by atoms with van der Waals surface area (Å²) in [4.78, 5) is 24.1. The zero-order chi connectivity index (χ0) is 23.1. The van der Waals surface area contributed by atoms with Gasteiger partial charge >= 0.3 is 0 Å². The Morgan fingerprint density at radius 1 is 1.00 bits per heavy atom. The summed E-state index contributed by atoms with van der Waals surface area (Å²) < 4.78 is 32.2. The van der Waals surface area contributed by atoms with Crippen LogP contribution in [0.5, 0.6) is 0 Å². The molecule has 1 amide bonds. The van der Waals surface area contributed by atoms with Gasteiger partial charge in [-0.3, -0.25) is 9.59 Å². The summed E-state index contributed by atoms with van der Waals surface area (Å²) in [7, 11) is -2.23. The number of benzene rings is 2. The lowest BCUT2D eigenvalue weighted by Gasteiger charge is -2.19. The van der Waals surface area contributed by atoms with Crippen molar-refractivity contribution in [1.82, 2.24) is 9.62 Å². The van der Waals surface area contributed by atoms with E-state index >= 15 is 0 Å². The van der Waals surface area contributed by atoms with Gasteiger partial charge in [0.1, 0.15) is 11.8 Å². The Labute approximate surface area is 188 Å². The van der Waals surface area contributed by atoms with Gasteiger partial charge in [-0.05, 0) is 43.2 Å². The molecular formula is C24H26N2O5S. The van der Waals surface area contributed by atoms with Crippen LogP contribution in [-0.4, -0.2) is 38.0 Å². The van der Waals surface area contributed by atoms with Gasteiger partial charge in [0.2, 0.25) is 15.9 Å². The van der Waals surface area contributed by atoms with Gasteiger partial charge in [0.15, 0.2) is 5.78 Å². The van der Waals surface area contributed by atoms with Gasteiger partial charge in [0, 0.05) is 25.6 Å². The summed E-state index contributed by atoms with van der Waals surface area (Å²) in [6.45, 7) is 1.61. The van der Waals surface area contributed by atoms with Crippen LogP contribution >= 0.6 is 0 Å². The maximum Gasteiger partial charge on any atom is 0.242 e. The highest BCUT2D eigenvalue weighted by atomic mass is 32.2. The Bertz CT molecular complexity index is 1140. The van der Waals surface area contributed by atoms with Crippen molar-refractivity contribution in [3.8, 4) is 0 Å². The van der Waals surface area contributed by atoms with Crippen LogP contribution in [0.4, 0.5) is 0 Å². The SMILES string of the molecule is CC(=O)c1ccc(S(=O)(=O)N(C)CCCC(=O)NC(c2ccccc2)c2ccco2)cc1. The fourth-order valence-electron chi connectivity index (χ4n) is 3.28. The van der Waals surface area contributed by atoms with E-state index in [1.54, 1.807) is 18.4 Å². The number of amides is 1. The third kappa shape index (κ3) is 5.72. The standard InChI is InChI=1S/C24H26N2O5S/c1-18(27)19-12-14-21(15-13-19)32(29,30)26(2)16-6-11-23(28)25-24(22-10-7-17-31-22)20-8-4-3-5-9-20/h3-5,7-10,12-15,17,24H,6,11,16H2,1-2H3,(H,25,28). The van der Waals surface area contributed by atoms with Crippen LogP contribution in [-0.2, 0) is 14.8 Å². The van der Waals surface area contributed by atoms with Gasteiger partial charge < -0.3 is 9.73 Å². The molecule has 0 bridgehead atoms. The smallest absolute Gasteiger partial charge is 0.242 e. The van der Waals surface area contributed by atoms with Crippen molar-refractivity contribution in [2.75, 3.05) is 13.6 Å². The van der Waals surface area contributed by atoms with Crippen LogP contribution in [0.25, 0.3) is 0 Å². The van der Waals surface area contributed by atoms with Crippen molar-refractivity contribution in [1.29, 1.82) is 0 Å². The van der Waals surface area contributed by atoms with E-state index in [9.17, 15) is 18.0 Å². The molecule has 1 atom stereocenters. The van der Waals surface area contributed by atoms with Gasteiger partial charge in [-0.2, -0.15) is 0 Å². The molecule has 1 aromatic heterocycles. The van der Waals surface area contributed by atoms with Crippen LogP contribution in [0, 0.1) is 0 Å². The zero-order valence-electron chi connectivity index (χ0n) is 18.0. The number of Topliss-reactive ketones (excluding diaryl/α,β-unsaturated/α-hetero) is 1. The Kier molecular flexibility index (Phi) is 7.61. The summed E-state index contributed by atoms with van der Waals surface area (Å²) in [6, 6.07) is 18.5. The van der Waals surface area contributed by atoms with Gasteiger partial charge in [-0.15, -0.1) is 0 Å².